The normalized spacial score (nSPS) is 11.6. The summed E-state index contributed by atoms with van der Waals surface area (Å²) in [5.41, 5.74) is 5.34. The second kappa shape index (κ2) is 14.5. The number of anilines is 2. The SMILES string of the molecule is CCCCC[C@H](CN(O)C=O)C(=O)NNc1nc(CCC)nc(N(C)CCOC)n1. The van der Waals surface area contributed by atoms with Gasteiger partial charge in [-0.15, -0.1) is 0 Å². The van der Waals surface area contributed by atoms with Crippen LogP contribution in [0.15, 0.2) is 0 Å². The minimum absolute atomic E-state index is 0.0793. The summed E-state index contributed by atoms with van der Waals surface area (Å²) in [6.45, 7) is 5.15. The Kier molecular flexibility index (Phi) is 12.3. The Bertz CT molecular complexity index is 647. The fourth-order valence-electron chi connectivity index (χ4n) is 2.73. The molecule has 1 rings (SSSR count). The highest BCUT2D eigenvalue weighted by Crippen LogP contribution is 2.13. The van der Waals surface area contributed by atoms with E-state index in [2.05, 4.69) is 32.7 Å². The van der Waals surface area contributed by atoms with Gasteiger partial charge in [0.25, 0.3) is 0 Å². The van der Waals surface area contributed by atoms with E-state index in [1.165, 1.54) is 0 Å². The molecule has 1 aromatic heterocycles. The van der Waals surface area contributed by atoms with E-state index in [0.717, 1.165) is 25.7 Å². The van der Waals surface area contributed by atoms with Crippen LogP contribution >= 0.6 is 0 Å². The molecule has 3 N–H and O–H groups in total. The van der Waals surface area contributed by atoms with Gasteiger partial charge in [0, 0.05) is 27.1 Å². The molecule has 0 aliphatic carbocycles. The van der Waals surface area contributed by atoms with Gasteiger partial charge in [0.2, 0.25) is 24.2 Å². The molecule has 1 atom stereocenters. The van der Waals surface area contributed by atoms with Gasteiger partial charge in [-0.3, -0.25) is 25.6 Å². The zero-order valence-electron chi connectivity index (χ0n) is 18.4. The third kappa shape index (κ3) is 9.31. The number of amides is 2. The van der Waals surface area contributed by atoms with Gasteiger partial charge in [-0.1, -0.05) is 33.1 Å². The quantitative estimate of drug-likeness (QED) is 0.155. The highest BCUT2D eigenvalue weighted by molar-refractivity contribution is 5.80. The second-order valence-corrected chi connectivity index (χ2v) is 7.07. The van der Waals surface area contributed by atoms with Crippen molar-refractivity contribution in [3.05, 3.63) is 5.82 Å². The number of unbranched alkanes of at least 4 members (excludes halogenated alkanes) is 2. The maximum Gasteiger partial charge on any atom is 0.246 e. The van der Waals surface area contributed by atoms with E-state index >= 15 is 0 Å². The van der Waals surface area contributed by atoms with Gasteiger partial charge in [-0.2, -0.15) is 15.0 Å². The number of aromatic nitrogens is 3. The first-order valence-electron chi connectivity index (χ1n) is 10.4. The van der Waals surface area contributed by atoms with Crippen molar-refractivity contribution in [2.45, 2.75) is 52.4 Å². The van der Waals surface area contributed by atoms with Crippen LogP contribution in [0.25, 0.3) is 0 Å². The van der Waals surface area contributed by atoms with E-state index in [1.54, 1.807) is 7.11 Å². The van der Waals surface area contributed by atoms with E-state index in [0.29, 0.717) is 49.2 Å². The minimum atomic E-state index is -0.556. The number of hydrogen-bond donors (Lipinski definition) is 3. The second-order valence-electron chi connectivity index (χ2n) is 7.07. The van der Waals surface area contributed by atoms with Crippen molar-refractivity contribution in [3.8, 4) is 0 Å². The van der Waals surface area contributed by atoms with Crippen molar-refractivity contribution in [1.29, 1.82) is 0 Å². The van der Waals surface area contributed by atoms with E-state index < -0.39 is 5.92 Å². The maximum absolute atomic E-state index is 12.6. The molecule has 0 saturated carbocycles. The number of carbonyl (C=O) groups is 2. The zero-order chi connectivity index (χ0) is 22.4. The molecule has 11 nitrogen and oxygen atoms in total. The van der Waals surface area contributed by atoms with Crippen molar-refractivity contribution in [3.63, 3.8) is 0 Å². The van der Waals surface area contributed by atoms with Gasteiger partial charge in [0.05, 0.1) is 19.1 Å². The molecule has 1 heterocycles. The molecule has 0 saturated heterocycles. The molecule has 0 fully saturated rings. The summed E-state index contributed by atoms with van der Waals surface area (Å²) in [4.78, 5) is 38.4. The average Bonchev–Trinajstić information content (AvgIpc) is 2.75. The smallest absolute Gasteiger partial charge is 0.246 e. The molecule has 2 amide bonds. The molecule has 30 heavy (non-hydrogen) atoms. The van der Waals surface area contributed by atoms with Gasteiger partial charge >= 0.3 is 0 Å². The van der Waals surface area contributed by atoms with Crippen LogP contribution in [0.2, 0.25) is 0 Å². The Balaban J connectivity index is 2.85. The Morgan fingerprint density at radius 2 is 2.00 bits per heavy atom. The topological polar surface area (TPSA) is 133 Å². The molecule has 1 aromatic rings. The van der Waals surface area contributed by atoms with Gasteiger partial charge in [0.15, 0.2) is 0 Å². The molecular formula is C19H35N7O4. The Hall–Kier alpha value is -2.53. The number of hydroxylamine groups is 2. The number of nitrogens with one attached hydrogen (secondary N) is 2. The number of hydrazine groups is 1. The lowest BCUT2D eigenvalue weighted by molar-refractivity contribution is -0.154. The number of methoxy groups -OCH3 is 1. The van der Waals surface area contributed by atoms with Crippen LogP contribution < -0.4 is 15.8 Å². The third-order valence-electron chi connectivity index (χ3n) is 4.47. The molecule has 0 aliphatic heterocycles. The summed E-state index contributed by atoms with van der Waals surface area (Å²) in [7, 11) is 3.48. The summed E-state index contributed by atoms with van der Waals surface area (Å²) in [6, 6.07) is 0. The van der Waals surface area contributed by atoms with Gasteiger partial charge in [-0.25, -0.2) is 5.06 Å². The number of likely N-dealkylation sites (N-methyl/N-ethyl adjacent to an activating group) is 1. The monoisotopic (exact) mass is 425 g/mol. The summed E-state index contributed by atoms with van der Waals surface area (Å²) in [5, 5.41) is 9.99. The first-order chi connectivity index (χ1) is 14.4. The Morgan fingerprint density at radius 3 is 2.63 bits per heavy atom. The van der Waals surface area contributed by atoms with Crippen LogP contribution in [-0.2, 0) is 20.7 Å². The number of rotatable bonds is 16. The third-order valence-corrected chi connectivity index (χ3v) is 4.47. The van der Waals surface area contributed by atoms with Crippen LogP contribution in [-0.4, -0.2) is 71.4 Å². The number of ether oxygens (including phenoxy) is 1. The van der Waals surface area contributed by atoms with Gasteiger partial charge < -0.3 is 9.64 Å². The van der Waals surface area contributed by atoms with E-state index in [4.69, 9.17) is 4.74 Å². The largest absolute Gasteiger partial charge is 0.383 e. The zero-order valence-corrected chi connectivity index (χ0v) is 18.4. The Labute approximate surface area is 178 Å². The summed E-state index contributed by atoms with van der Waals surface area (Å²) < 4.78 is 5.09. The van der Waals surface area contributed by atoms with Gasteiger partial charge in [-0.05, 0) is 12.8 Å². The molecule has 0 aromatic carbocycles. The molecule has 0 radical (unpaired) electrons. The highest BCUT2D eigenvalue weighted by atomic mass is 16.5. The van der Waals surface area contributed by atoms with Crippen LogP contribution in [0.4, 0.5) is 11.9 Å². The number of nitrogens with zero attached hydrogens (tertiary/aromatic N) is 5. The van der Waals surface area contributed by atoms with E-state index in [1.807, 2.05) is 18.9 Å². The predicted molar refractivity (Wildman–Crippen MR) is 113 cm³/mol. The van der Waals surface area contributed by atoms with Crippen molar-refractivity contribution in [2.75, 3.05) is 44.2 Å². The van der Waals surface area contributed by atoms with Crippen LogP contribution in [0, 0.1) is 5.92 Å². The first kappa shape index (κ1) is 25.5. The first-order valence-corrected chi connectivity index (χ1v) is 10.4. The van der Waals surface area contributed by atoms with E-state index in [9.17, 15) is 14.8 Å². The molecule has 170 valence electrons. The van der Waals surface area contributed by atoms with E-state index in [-0.39, 0.29) is 18.4 Å². The van der Waals surface area contributed by atoms with Gasteiger partial charge in [0.1, 0.15) is 5.82 Å². The fourth-order valence-corrected chi connectivity index (χ4v) is 2.73. The van der Waals surface area contributed by atoms with Crippen molar-refractivity contribution in [2.24, 2.45) is 5.92 Å². The molecule has 11 heteroatoms. The number of aryl methyl sites for hydroxylation is 1. The lowest BCUT2D eigenvalue weighted by atomic mass is 10.0. The minimum Gasteiger partial charge on any atom is -0.383 e. The van der Waals surface area contributed by atoms with Crippen LogP contribution in [0.1, 0.15) is 51.8 Å². The van der Waals surface area contributed by atoms with Crippen molar-refractivity contribution < 1.29 is 19.5 Å². The molecular weight excluding hydrogens is 390 g/mol. The number of hydrogen-bond acceptors (Lipinski definition) is 9. The van der Waals surface area contributed by atoms with Crippen molar-refractivity contribution in [1.82, 2.24) is 25.4 Å². The Morgan fingerprint density at radius 1 is 1.23 bits per heavy atom. The standard InChI is InChI=1S/C19H35N7O4/c1-5-7-8-10-15(13-26(29)14-27)17(28)23-24-18-20-16(9-6-2)21-19(22-18)25(3)11-12-30-4/h14-15,29H,5-13H2,1-4H3,(H,23,28)(H,20,21,22,24)/t15-/m1/s1. The molecule has 0 unspecified atom stereocenters. The highest BCUT2D eigenvalue weighted by Gasteiger charge is 2.21. The summed E-state index contributed by atoms with van der Waals surface area (Å²) in [6.07, 6.45) is 5.18. The maximum atomic E-state index is 12.6. The molecule has 0 bridgehead atoms. The lowest BCUT2D eigenvalue weighted by Crippen LogP contribution is -2.40. The average molecular weight is 426 g/mol. The van der Waals surface area contributed by atoms with Crippen molar-refractivity contribution >= 4 is 24.2 Å². The number of carbonyl (C=O) groups excluding carboxylic acids is 2. The predicted octanol–water partition coefficient (Wildman–Crippen LogP) is 1.39. The summed E-state index contributed by atoms with van der Waals surface area (Å²) in [5.74, 6) is 0.415. The summed E-state index contributed by atoms with van der Waals surface area (Å²) >= 11 is 0. The lowest BCUT2D eigenvalue weighted by Gasteiger charge is -2.20. The van der Waals surface area contributed by atoms with Crippen LogP contribution in [0.5, 0.6) is 0 Å². The molecule has 0 aliphatic rings. The molecule has 0 spiro atoms. The fraction of sp³-hybridized carbons (Fsp3) is 0.737. The van der Waals surface area contributed by atoms with Crippen LogP contribution in [0.3, 0.4) is 0 Å².